The molecule has 1 amide bonds. The summed E-state index contributed by atoms with van der Waals surface area (Å²) >= 11 is 14.7. The number of hydrogen-bond donors (Lipinski definition) is 2. The summed E-state index contributed by atoms with van der Waals surface area (Å²) in [6.07, 6.45) is 5.38. The summed E-state index contributed by atoms with van der Waals surface area (Å²) in [6, 6.07) is 5.47. The average molecular weight is 416 g/mol. The SMILES string of the molecule is C[C@H](NC(=S)NC(=O)c1cc(Br)ccc1Cl)[C@H]1C[C@@H]2CC[C@H]1C2. The van der Waals surface area contributed by atoms with E-state index >= 15 is 0 Å². The summed E-state index contributed by atoms with van der Waals surface area (Å²) in [6.45, 7) is 2.16. The summed E-state index contributed by atoms with van der Waals surface area (Å²) in [5.74, 6) is 2.10. The molecule has 4 atom stereocenters. The van der Waals surface area contributed by atoms with Crippen LogP contribution in [-0.4, -0.2) is 17.1 Å². The molecule has 0 saturated heterocycles. The largest absolute Gasteiger partial charge is 0.360 e. The summed E-state index contributed by atoms with van der Waals surface area (Å²) in [7, 11) is 0. The first-order valence-corrected chi connectivity index (χ1v) is 9.59. The third-order valence-corrected chi connectivity index (χ3v) is 6.24. The molecular formula is C17H20BrClN2OS. The predicted octanol–water partition coefficient (Wildman–Crippen LogP) is 4.53. The summed E-state index contributed by atoms with van der Waals surface area (Å²) in [4.78, 5) is 12.3. The van der Waals surface area contributed by atoms with Crippen molar-refractivity contribution < 1.29 is 4.79 Å². The molecule has 6 heteroatoms. The highest BCUT2D eigenvalue weighted by atomic mass is 79.9. The number of carbonyl (C=O) groups is 1. The maximum Gasteiger partial charge on any atom is 0.258 e. The Labute approximate surface area is 155 Å². The maximum absolute atomic E-state index is 12.3. The minimum atomic E-state index is -0.283. The molecule has 0 aliphatic heterocycles. The Kier molecular flexibility index (Phi) is 5.29. The standard InChI is InChI=1S/C17H20BrClN2OS/c1-9(13-7-10-2-3-11(13)6-10)20-17(23)21-16(22)14-8-12(18)4-5-15(14)19/h4-5,8-11,13H,2-3,6-7H2,1H3,(H2,20,21,22,23)/t9-,10+,11-,13+/m0/s1. The number of carbonyl (C=O) groups excluding carboxylic acids is 1. The fourth-order valence-electron chi connectivity index (χ4n) is 4.10. The second-order valence-corrected chi connectivity index (χ2v) is 8.41. The van der Waals surface area contributed by atoms with Crippen LogP contribution in [0, 0.1) is 17.8 Å². The van der Waals surface area contributed by atoms with Crippen LogP contribution >= 0.6 is 39.7 Å². The topological polar surface area (TPSA) is 41.1 Å². The van der Waals surface area contributed by atoms with Crippen molar-refractivity contribution in [3.8, 4) is 0 Å². The second kappa shape index (κ2) is 7.08. The van der Waals surface area contributed by atoms with Gasteiger partial charge in [-0.05, 0) is 74.4 Å². The second-order valence-electron chi connectivity index (χ2n) is 6.68. The van der Waals surface area contributed by atoms with E-state index in [1.807, 2.05) is 0 Å². The molecule has 2 saturated carbocycles. The molecule has 2 aliphatic carbocycles. The molecule has 0 radical (unpaired) electrons. The first-order valence-electron chi connectivity index (χ1n) is 8.01. The Bertz CT molecular complexity index is 639. The zero-order valence-corrected chi connectivity index (χ0v) is 16.1. The van der Waals surface area contributed by atoms with Crippen molar-refractivity contribution in [2.75, 3.05) is 0 Å². The van der Waals surface area contributed by atoms with Crippen LogP contribution in [0.15, 0.2) is 22.7 Å². The van der Waals surface area contributed by atoms with Crippen LogP contribution in [0.2, 0.25) is 5.02 Å². The van der Waals surface area contributed by atoms with Crippen LogP contribution in [0.4, 0.5) is 0 Å². The van der Waals surface area contributed by atoms with Gasteiger partial charge >= 0.3 is 0 Å². The van der Waals surface area contributed by atoms with Crippen molar-refractivity contribution in [3.05, 3.63) is 33.3 Å². The normalized spacial score (nSPS) is 26.8. The van der Waals surface area contributed by atoms with Gasteiger partial charge < -0.3 is 5.32 Å². The van der Waals surface area contributed by atoms with Gasteiger partial charge in [-0.25, -0.2) is 0 Å². The first kappa shape index (κ1) is 17.2. The van der Waals surface area contributed by atoms with Crippen LogP contribution < -0.4 is 10.6 Å². The van der Waals surface area contributed by atoms with E-state index in [1.165, 1.54) is 25.7 Å². The van der Waals surface area contributed by atoms with Crippen LogP contribution in [0.5, 0.6) is 0 Å². The predicted molar refractivity (Wildman–Crippen MR) is 101 cm³/mol. The quantitative estimate of drug-likeness (QED) is 0.713. The third-order valence-electron chi connectivity index (χ3n) is 5.19. The van der Waals surface area contributed by atoms with E-state index in [9.17, 15) is 4.79 Å². The van der Waals surface area contributed by atoms with Gasteiger partial charge in [-0.15, -0.1) is 0 Å². The molecule has 2 N–H and O–H groups in total. The number of fused-ring (bicyclic) bond motifs is 2. The van der Waals surface area contributed by atoms with E-state index in [4.69, 9.17) is 23.8 Å². The Morgan fingerprint density at radius 1 is 1.39 bits per heavy atom. The molecule has 1 aromatic carbocycles. The van der Waals surface area contributed by atoms with Crippen molar-refractivity contribution in [2.45, 2.75) is 38.6 Å². The molecule has 124 valence electrons. The van der Waals surface area contributed by atoms with Gasteiger partial charge in [0.05, 0.1) is 10.6 Å². The molecule has 2 aliphatic rings. The number of hydrogen-bond acceptors (Lipinski definition) is 2. The van der Waals surface area contributed by atoms with Crippen molar-refractivity contribution in [3.63, 3.8) is 0 Å². The molecule has 0 unspecified atom stereocenters. The molecule has 3 nitrogen and oxygen atoms in total. The van der Waals surface area contributed by atoms with Gasteiger partial charge in [-0.2, -0.15) is 0 Å². The Hall–Kier alpha value is -0.650. The highest BCUT2D eigenvalue weighted by molar-refractivity contribution is 9.10. The van der Waals surface area contributed by atoms with Gasteiger partial charge in [0.25, 0.3) is 5.91 Å². The Morgan fingerprint density at radius 3 is 2.83 bits per heavy atom. The lowest BCUT2D eigenvalue weighted by Crippen LogP contribution is -2.46. The summed E-state index contributed by atoms with van der Waals surface area (Å²) < 4.78 is 0.807. The third kappa shape index (κ3) is 3.89. The molecule has 2 fully saturated rings. The smallest absolute Gasteiger partial charge is 0.258 e. The summed E-state index contributed by atoms with van der Waals surface area (Å²) in [5, 5.41) is 6.81. The Morgan fingerprint density at radius 2 is 2.17 bits per heavy atom. The van der Waals surface area contributed by atoms with Crippen molar-refractivity contribution in [2.24, 2.45) is 17.8 Å². The first-order chi connectivity index (χ1) is 10.9. The van der Waals surface area contributed by atoms with E-state index in [-0.39, 0.29) is 11.9 Å². The van der Waals surface area contributed by atoms with Crippen LogP contribution in [0.1, 0.15) is 43.0 Å². The van der Waals surface area contributed by atoms with Gasteiger partial charge in [0.2, 0.25) is 0 Å². The molecule has 0 aromatic heterocycles. The van der Waals surface area contributed by atoms with E-state index in [2.05, 4.69) is 33.5 Å². The van der Waals surface area contributed by atoms with Gasteiger partial charge in [-0.1, -0.05) is 34.0 Å². The van der Waals surface area contributed by atoms with Crippen molar-refractivity contribution in [1.82, 2.24) is 10.6 Å². The molecule has 0 spiro atoms. The number of halogens is 2. The number of benzene rings is 1. The monoisotopic (exact) mass is 414 g/mol. The van der Waals surface area contributed by atoms with E-state index in [1.54, 1.807) is 18.2 Å². The van der Waals surface area contributed by atoms with Gasteiger partial charge in [-0.3, -0.25) is 10.1 Å². The van der Waals surface area contributed by atoms with Gasteiger partial charge in [0.1, 0.15) is 0 Å². The minimum Gasteiger partial charge on any atom is -0.360 e. The zero-order chi connectivity index (χ0) is 16.6. The lowest BCUT2D eigenvalue weighted by Gasteiger charge is -2.29. The molecule has 0 heterocycles. The number of thiocarbonyl (C=S) groups is 1. The fraction of sp³-hybridized carbons (Fsp3) is 0.529. The van der Waals surface area contributed by atoms with E-state index in [0.29, 0.717) is 21.6 Å². The highest BCUT2D eigenvalue weighted by Gasteiger charge is 2.41. The minimum absolute atomic E-state index is 0.283. The lowest BCUT2D eigenvalue weighted by atomic mass is 9.84. The number of amides is 1. The van der Waals surface area contributed by atoms with Gasteiger partial charge in [0.15, 0.2) is 5.11 Å². The Balaban J connectivity index is 1.56. The van der Waals surface area contributed by atoms with Gasteiger partial charge in [0, 0.05) is 10.5 Å². The van der Waals surface area contributed by atoms with Crippen molar-refractivity contribution in [1.29, 1.82) is 0 Å². The summed E-state index contributed by atoms with van der Waals surface area (Å²) in [5.41, 5.74) is 0.415. The van der Waals surface area contributed by atoms with Crippen LogP contribution in [0.3, 0.4) is 0 Å². The molecular weight excluding hydrogens is 396 g/mol. The average Bonchev–Trinajstić information content (AvgIpc) is 3.12. The highest BCUT2D eigenvalue weighted by Crippen LogP contribution is 2.49. The number of rotatable bonds is 3. The van der Waals surface area contributed by atoms with Crippen LogP contribution in [0.25, 0.3) is 0 Å². The van der Waals surface area contributed by atoms with Crippen molar-refractivity contribution >= 4 is 50.8 Å². The fourth-order valence-corrected chi connectivity index (χ4v) is 4.94. The zero-order valence-electron chi connectivity index (χ0n) is 12.9. The van der Waals surface area contributed by atoms with E-state index in [0.717, 1.165) is 16.3 Å². The lowest BCUT2D eigenvalue weighted by molar-refractivity contribution is 0.0976. The molecule has 1 aromatic rings. The van der Waals surface area contributed by atoms with Crippen LogP contribution in [-0.2, 0) is 0 Å². The molecule has 3 rings (SSSR count). The molecule has 23 heavy (non-hydrogen) atoms. The molecule has 2 bridgehead atoms. The number of nitrogens with one attached hydrogen (secondary N) is 2. The van der Waals surface area contributed by atoms with E-state index < -0.39 is 0 Å². The maximum atomic E-state index is 12.3.